The molecule has 1 N–H and O–H groups in total. The maximum Gasteiger partial charge on any atom is 0.173 e. The number of hydrogen-bond acceptors (Lipinski definition) is 3. The summed E-state index contributed by atoms with van der Waals surface area (Å²) in [5, 5.41) is 3.32. The number of fused-ring (bicyclic) bond motifs is 1. The first-order valence-electron chi connectivity index (χ1n) is 4.96. The normalized spacial score (nSPS) is 18.8. The highest BCUT2D eigenvalue weighted by molar-refractivity contribution is 5.57. The molecular formula is C12H11NO2. The van der Waals surface area contributed by atoms with Gasteiger partial charge in [-0.2, -0.15) is 0 Å². The monoisotopic (exact) mass is 201 g/mol. The van der Waals surface area contributed by atoms with E-state index in [1.54, 1.807) is 6.26 Å². The third-order valence-electron chi connectivity index (χ3n) is 2.49. The lowest BCUT2D eigenvalue weighted by molar-refractivity contribution is 0.181. The number of para-hydroxylation sites is 2. The molecule has 1 aliphatic rings. The van der Waals surface area contributed by atoms with E-state index in [0.29, 0.717) is 0 Å². The molecule has 15 heavy (non-hydrogen) atoms. The van der Waals surface area contributed by atoms with Crippen LogP contribution in [0.2, 0.25) is 0 Å². The average molecular weight is 201 g/mol. The molecule has 0 fully saturated rings. The van der Waals surface area contributed by atoms with Gasteiger partial charge in [-0.15, -0.1) is 0 Å². The zero-order valence-corrected chi connectivity index (χ0v) is 8.14. The second-order valence-electron chi connectivity index (χ2n) is 3.50. The van der Waals surface area contributed by atoms with Crippen molar-refractivity contribution in [1.29, 1.82) is 0 Å². The predicted octanol–water partition coefficient (Wildman–Crippen LogP) is 2.83. The summed E-state index contributed by atoms with van der Waals surface area (Å²) in [7, 11) is 0. The van der Waals surface area contributed by atoms with Crippen LogP contribution in [0, 0.1) is 0 Å². The van der Waals surface area contributed by atoms with Crippen molar-refractivity contribution in [1.82, 2.24) is 0 Å². The smallest absolute Gasteiger partial charge is 0.173 e. The van der Waals surface area contributed by atoms with Gasteiger partial charge in [0.2, 0.25) is 0 Å². The van der Waals surface area contributed by atoms with Crippen molar-refractivity contribution < 1.29 is 9.15 Å². The Hall–Kier alpha value is -1.90. The molecule has 3 heteroatoms. The summed E-state index contributed by atoms with van der Waals surface area (Å²) in [5.74, 6) is 1.74. The molecule has 0 bridgehead atoms. The van der Waals surface area contributed by atoms with Gasteiger partial charge >= 0.3 is 0 Å². The van der Waals surface area contributed by atoms with Crippen LogP contribution in [-0.4, -0.2) is 6.54 Å². The minimum absolute atomic E-state index is 0.0325. The Labute approximate surface area is 87.7 Å². The van der Waals surface area contributed by atoms with E-state index in [1.165, 1.54) is 0 Å². The topological polar surface area (TPSA) is 34.4 Å². The van der Waals surface area contributed by atoms with E-state index in [9.17, 15) is 0 Å². The van der Waals surface area contributed by atoms with Crippen LogP contribution in [0.15, 0.2) is 47.1 Å². The van der Waals surface area contributed by atoms with Gasteiger partial charge in [-0.25, -0.2) is 0 Å². The third kappa shape index (κ3) is 1.46. The molecule has 2 aromatic rings. The van der Waals surface area contributed by atoms with E-state index in [-0.39, 0.29) is 6.10 Å². The minimum Gasteiger partial charge on any atom is -0.478 e. The van der Waals surface area contributed by atoms with E-state index < -0.39 is 0 Å². The Kier molecular flexibility index (Phi) is 1.88. The van der Waals surface area contributed by atoms with Crippen LogP contribution in [0.3, 0.4) is 0 Å². The zero-order chi connectivity index (χ0) is 10.1. The second-order valence-corrected chi connectivity index (χ2v) is 3.50. The van der Waals surface area contributed by atoms with Gasteiger partial charge in [0.05, 0.1) is 18.5 Å². The van der Waals surface area contributed by atoms with Gasteiger partial charge in [0.25, 0.3) is 0 Å². The van der Waals surface area contributed by atoms with Crippen LogP contribution >= 0.6 is 0 Å². The van der Waals surface area contributed by atoms with Crippen LogP contribution in [0.25, 0.3) is 0 Å². The SMILES string of the molecule is c1coc(C2CNc3ccccc3O2)c1. The quantitative estimate of drug-likeness (QED) is 0.770. The standard InChI is InChI=1S/C12H11NO2/c1-2-5-10-9(4-1)13-8-12(15-10)11-6-3-7-14-11/h1-7,12-13H,8H2. The summed E-state index contributed by atoms with van der Waals surface area (Å²) in [6.45, 7) is 0.741. The summed E-state index contributed by atoms with van der Waals surface area (Å²) in [6, 6.07) is 11.7. The maximum atomic E-state index is 5.82. The lowest BCUT2D eigenvalue weighted by Gasteiger charge is -2.25. The van der Waals surface area contributed by atoms with Crippen LogP contribution < -0.4 is 10.1 Å². The van der Waals surface area contributed by atoms with Crippen LogP contribution in [0.5, 0.6) is 5.75 Å². The Morgan fingerprint density at radius 1 is 1.13 bits per heavy atom. The molecule has 1 unspecified atom stereocenters. The van der Waals surface area contributed by atoms with Gasteiger partial charge in [0, 0.05) is 0 Å². The Morgan fingerprint density at radius 2 is 2.07 bits per heavy atom. The number of furan rings is 1. The fourth-order valence-corrected chi connectivity index (χ4v) is 1.75. The first kappa shape index (κ1) is 8.41. The fourth-order valence-electron chi connectivity index (χ4n) is 1.75. The minimum atomic E-state index is -0.0325. The number of ether oxygens (including phenoxy) is 1. The lowest BCUT2D eigenvalue weighted by Crippen LogP contribution is -2.22. The molecule has 1 aromatic carbocycles. The van der Waals surface area contributed by atoms with Crippen LogP contribution in [-0.2, 0) is 0 Å². The van der Waals surface area contributed by atoms with Crippen molar-refractivity contribution in [2.24, 2.45) is 0 Å². The Morgan fingerprint density at radius 3 is 2.93 bits per heavy atom. The highest BCUT2D eigenvalue weighted by Gasteiger charge is 2.22. The Bertz CT molecular complexity index is 450. The van der Waals surface area contributed by atoms with E-state index >= 15 is 0 Å². The van der Waals surface area contributed by atoms with Crippen molar-refractivity contribution in [3.8, 4) is 5.75 Å². The summed E-state index contributed by atoms with van der Waals surface area (Å²) < 4.78 is 11.1. The molecule has 0 saturated carbocycles. The van der Waals surface area contributed by atoms with Gasteiger partial charge in [0.1, 0.15) is 11.5 Å². The molecule has 0 saturated heterocycles. The summed E-state index contributed by atoms with van der Waals surface area (Å²) in [4.78, 5) is 0. The van der Waals surface area contributed by atoms with Crippen molar-refractivity contribution in [3.63, 3.8) is 0 Å². The third-order valence-corrected chi connectivity index (χ3v) is 2.49. The van der Waals surface area contributed by atoms with E-state index in [2.05, 4.69) is 5.32 Å². The first-order valence-corrected chi connectivity index (χ1v) is 4.96. The fraction of sp³-hybridized carbons (Fsp3) is 0.167. The number of nitrogens with one attached hydrogen (secondary N) is 1. The first-order chi connectivity index (χ1) is 7.43. The van der Waals surface area contributed by atoms with E-state index in [4.69, 9.17) is 9.15 Å². The molecular weight excluding hydrogens is 190 g/mol. The average Bonchev–Trinajstić information content (AvgIpc) is 2.82. The molecule has 3 rings (SSSR count). The van der Waals surface area contributed by atoms with Gasteiger partial charge in [-0.1, -0.05) is 12.1 Å². The number of hydrogen-bond donors (Lipinski definition) is 1. The number of anilines is 1. The summed E-state index contributed by atoms with van der Waals surface area (Å²) in [5.41, 5.74) is 1.04. The molecule has 1 atom stereocenters. The van der Waals surface area contributed by atoms with Crippen molar-refractivity contribution >= 4 is 5.69 Å². The molecule has 0 amide bonds. The van der Waals surface area contributed by atoms with Crippen LogP contribution in [0.1, 0.15) is 11.9 Å². The van der Waals surface area contributed by atoms with E-state index in [0.717, 1.165) is 23.7 Å². The van der Waals surface area contributed by atoms with Gasteiger partial charge < -0.3 is 14.5 Å². The zero-order valence-electron chi connectivity index (χ0n) is 8.14. The lowest BCUT2D eigenvalue weighted by atomic mass is 10.2. The molecule has 3 nitrogen and oxygen atoms in total. The Balaban J connectivity index is 1.89. The van der Waals surface area contributed by atoms with Crippen molar-refractivity contribution in [2.75, 3.05) is 11.9 Å². The summed E-state index contributed by atoms with van der Waals surface area (Å²) in [6.07, 6.45) is 1.63. The molecule has 0 spiro atoms. The van der Waals surface area contributed by atoms with Crippen LogP contribution in [0.4, 0.5) is 5.69 Å². The predicted molar refractivity (Wildman–Crippen MR) is 57.0 cm³/mol. The number of rotatable bonds is 1. The molecule has 1 aromatic heterocycles. The largest absolute Gasteiger partial charge is 0.478 e. The highest BCUT2D eigenvalue weighted by atomic mass is 16.5. The molecule has 0 aliphatic carbocycles. The number of benzene rings is 1. The van der Waals surface area contributed by atoms with Gasteiger partial charge in [-0.3, -0.25) is 0 Å². The molecule has 1 aliphatic heterocycles. The maximum absolute atomic E-state index is 5.82. The van der Waals surface area contributed by atoms with Gasteiger partial charge in [-0.05, 0) is 24.3 Å². The second kappa shape index (κ2) is 3.35. The van der Waals surface area contributed by atoms with E-state index in [1.807, 2.05) is 36.4 Å². The van der Waals surface area contributed by atoms with Crippen molar-refractivity contribution in [2.45, 2.75) is 6.10 Å². The highest BCUT2D eigenvalue weighted by Crippen LogP contribution is 2.33. The molecule has 2 heterocycles. The molecule has 76 valence electrons. The van der Waals surface area contributed by atoms with Crippen molar-refractivity contribution in [3.05, 3.63) is 48.4 Å². The molecule has 0 radical (unpaired) electrons. The summed E-state index contributed by atoms with van der Waals surface area (Å²) >= 11 is 0. The van der Waals surface area contributed by atoms with Gasteiger partial charge in [0.15, 0.2) is 6.10 Å².